The predicted molar refractivity (Wildman–Crippen MR) is 147 cm³/mol. The van der Waals surface area contributed by atoms with Crippen molar-refractivity contribution in [3.8, 4) is 0 Å². The van der Waals surface area contributed by atoms with Gasteiger partial charge >= 0.3 is 12.1 Å². The maximum absolute atomic E-state index is 13.6. The minimum atomic E-state index is -4.62. The van der Waals surface area contributed by atoms with Gasteiger partial charge in [-0.15, -0.1) is 0 Å². The zero-order valence-corrected chi connectivity index (χ0v) is 24.1. The van der Waals surface area contributed by atoms with Gasteiger partial charge in [-0.25, -0.2) is 18.2 Å². The number of alkyl halides is 3. The van der Waals surface area contributed by atoms with Crippen molar-refractivity contribution in [1.82, 2.24) is 14.6 Å². The molecule has 0 bridgehead atoms. The molecule has 4 rings (SSSR count). The molecular weight excluding hydrogens is 581 g/mol. The normalized spacial score (nSPS) is 16.6. The van der Waals surface area contributed by atoms with Gasteiger partial charge in [0.25, 0.3) is 0 Å². The Hall–Kier alpha value is -3.49. The fourth-order valence-electron chi connectivity index (χ4n) is 4.33. The van der Waals surface area contributed by atoms with Crippen LogP contribution in [0.15, 0.2) is 59.6 Å². The number of thiazole rings is 1. The van der Waals surface area contributed by atoms with Gasteiger partial charge in [-0.2, -0.15) is 17.5 Å². The third kappa shape index (κ3) is 6.88. The summed E-state index contributed by atoms with van der Waals surface area (Å²) < 4.78 is 72.0. The van der Waals surface area contributed by atoms with Crippen LogP contribution in [0.25, 0.3) is 0 Å². The second-order valence-electron chi connectivity index (χ2n) is 9.71. The standard InChI is InChI=1S/C27H29F3N4O5S2/c1-17(2)19-6-4-18(5-7-19)14-31-24(35)22-16-33(26-32-15-23(40-26)25(36)39-3)12-13-34(22)41(37,38)21-10-8-20(9-11-21)27(28,29)30/h4-11,15,17,22H,12-14,16H2,1-3H3,(H,31,35). The van der Waals surface area contributed by atoms with Crippen molar-refractivity contribution in [3.05, 3.63) is 76.3 Å². The predicted octanol–water partition coefficient (Wildman–Crippen LogP) is 4.27. The van der Waals surface area contributed by atoms with Crippen LogP contribution < -0.4 is 10.2 Å². The van der Waals surface area contributed by atoms with Gasteiger partial charge in [0.1, 0.15) is 10.9 Å². The third-order valence-electron chi connectivity index (χ3n) is 6.69. The number of sulfonamides is 1. The quantitative estimate of drug-likeness (QED) is 0.380. The molecule has 0 radical (unpaired) electrons. The molecule has 1 fully saturated rings. The zero-order valence-electron chi connectivity index (χ0n) is 22.5. The summed E-state index contributed by atoms with van der Waals surface area (Å²) in [6.07, 6.45) is -3.28. The van der Waals surface area contributed by atoms with Gasteiger partial charge in [-0.3, -0.25) is 4.79 Å². The topological polar surface area (TPSA) is 109 Å². The summed E-state index contributed by atoms with van der Waals surface area (Å²) in [5.41, 5.74) is 0.964. The van der Waals surface area contributed by atoms with Gasteiger partial charge in [-0.1, -0.05) is 49.4 Å². The van der Waals surface area contributed by atoms with E-state index in [1.807, 2.05) is 24.3 Å². The third-order valence-corrected chi connectivity index (χ3v) is 9.65. The van der Waals surface area contributed by atoms with Gasteiger partial charge in [0, 0.05) is 26.2 Å². The number of carbonyl (C=O) groups is 2. The maximum atomic E-state index is 13.6. The molecule has 41 heavy (non-hydrogen) atoms. The van der Waals surface area contributed by atoms with E-state index in [0.717, 1.165) is 38.9 Å². The number of anilines is 1. The van der Waals surface area contributed by atoms with Gasteiger partial charge in [0.05, 0.1) is 23.8 Å². The van der Waals surface area contributed by atoms with E-state index < -0.39 is 39.7 Å². The van der Waals surface area contributed by atoms with E-state index in [1.54, 1.807) is 4.90 Å². The largest absolute Gasteiger partial charge is 0.465 e. The maximum Gasteiger partial charge on any atom is 0.416 e. The fourth-order valence-corrected chi connectivity index (χ4v) is 6.77. The summed E-state index contributed by atoms with van der Waals surface area (Å²) in [6, 6.07) is 9.61. The highest BCUT2D eigenvalue weighted by atomic mass is 32.2. The Morgan fingerprint density at radius 2 is 1.76 bits per heavy atom. The highest BCUT2D eigenvalue weighted by molar-refractivity contribution is 7.89. The van der Waals surface area contributed by atoms with E-state index in [0.29, 0.717) is 23.2 Å². The average Bonchev–Trinajstić information content (AvgIpc) is 3.45. The molecule has 1 N–H and O–H groups in total. The van der Waals surface area contributed by atoms with Crippen LogP contribution in [0.5, 0.6) is 0 Å². The number of aromatic nitrogens is 1. The monoisotopic (exact) mass is 610 g/mol. The molecule has 1 aliphatic heterocycles. The van der Waals surface area contributed by atoms with E-state index in [-0.39, 0.29) is 36.0 Å². The highest BCUT2D eigenvalue weighted by Crippen LogP contribution is 2.32. The van der Waals surface area contributed by atoms with Crippen LogP contribution in [0, 0.1) is 0 Å². The summed E-state index contributed by atoms with van der Waals surface area (Å²) >= 11 is 1.04. The number of nitrogens with zero attached hydrogens (tertiary/aromatic N) is 3. The summed E-state index contributed by atoms with van der Waals surface area (Å²) in [7, 11) is -3.11. The number of ether oxygens (including phenoxy) is 1. The van der Waals surface area contributed by atoms with E-state index >= 15 is 0 Å². The Balaban J connectivity index is 1.59. The minimum absolute atomic E-state index is 0.0912. The van der Waals surface area contributed by atoms with Crippen LogP contribution in [0.1, 0.15) is 46.1 Å². The van der Waals surface area contributed by atoms with Crippen molar-refractivity contribution in [2.45, 2.75) is 43.4 Å². The molecule has 1 amide bonds. The Bertz CT molecular complexity index is 1490. The molecule has 2 heterocycles. The second-order valence-corrected chi connectivity index (χ2v) is 12.6. The zero-order chi connectivity index (χ0) is 29.9. The molecule has 1 aliphatic rings. The number of esters is 1. The minimum Gasteiger partial charge on any atom is -0.465 e. The van der Waals surface area contributed by atoms with E-state index in [4.69, 9.17) is 4.74 Å². The Labute approximate surface area is 240 Å². The lowest BCUT2D eigenvalue weighted by Gasteiger charge is -2.39. The Morgan fingerprint density at radius 1 is 1.10 bits per heavy atom. The molecule has 3 aromatic rings. The Kier molecular flexibility index (Phi) is 9.04. The summed E-state index contributed by atoms with van der Waals surface area (Å²) in [5.74, 6) is -0.820. The van der Waals surface area contributed by atoms with Crippen molar-refractivity contribution < 1.29 is 35.9 Å². The molecule has 14 heteroatoms. The molecule has 220 valence electrons. The van der Waals surface area contributed by atoms with Crippen LogP contribution >= 0.6 is 11.3 Å². The molecule has 0 aliphatic carbocycles. The molecule has 0 spiro atoms. The van der Waals surface area contributed by atoms with E-state index in [1.165, 1.54) is 13.3 Å². The summed E-state index contributed by atoms with van der Waals surface area (Å²) in [5, 5.41) is 3.19. The lowest BCUT2D eigenvalue weighted by atomic mass is 10.0. The smallest absolute Gasteiger partial charge is 0.416 e. The molecule has 1 unspecified atom stereocenters. The first kappa shape index (κ1) is 30.5. The lowest BCUT2D eigenvalue weighted by Crippen LogP contribution is -2.60. The molecule has 1 aromatic heterocycles. The van der Waals surface area contributed by atoms with Crippen LogP contribution in [-0.2, 0) is 32.3 Å². The van der Waals surface area contributed by atoms with Gasteiger partial charge < -0.3 is 15.0 Å². The van der Waals surface area contributed by atoms with Crippen LogP contribution in [0.3, 0.4) is 0 Å². The van der Waals surface area contributed by atoms with Crippen molar-refractivity contribution in [3.63, 3.8) is 0 Å². The second kappa shape index (κ2) is 12.2. The van der Waals surface area contributed by atoms with Crippen molar-refractivity contribution >= 4 is 38.4 Å². The van der Waals surface area contributed by atoms with Crippen LogP contribution in [-0.4, -0.2) is 62.4 Å². The van der Waals surface area contributed by atoms with Crippen molar-refractivity contribution in [2.24, 2.45) is 0 Å². The van der Waals surface area contributed by atoms with Crippen molar-refractivity contribution in [1.29, 1.82) is 0 Å². The average molecular weight is 611 g/mol. The molecule has 1 saturated heterocycles. The number of hydrogen-bond donors (Lipinski definition) is 1. The highest BCUT2D eigenvalue weighted by Gasteiger charge is 2.41. The number of carbonyl (C=O) groups excluding carboxylic acids is 2. The van der Waals surface area contributed by atoms with E-state index in [2.05, 4.69) is 24.1 Å². The molecule has 1 atom stereocenters. The lowest BCUT2D eigenvalue weighted by molar-refractivity contribution is -0.137. The first-order chi connectivity index (χ1) is 19.3. The van der Waals surface area contributed by atoms with Gasteiger partial charge in [0.2, 0.25) is 15.9 Å². The number of rotatable bonds is 8. The molecule has 2 aromatic carbocycles. The first-order valence-electron chi connectivity index (χ1n) is 12.7. The fraction of sp³-hybridized carbons (Fsp3) is 0.370. The number of benzene rings is 2. The first-order valence-corrected chi connectivity index (χ1v) is 14.9. The molecule has 9 nitrogen and oxygen atoms in total. The molecule has 0 saturated carbocycles. The number of amides is 1. The number of halogens is 3. The van der Waals surface area contributed by atoms with Crippen LogP contribution in [0.4, 0.5) is 18.3 Å². The van der Waals surface area contributed by atoms with Gasteiger partial charge in [-0.05, 0) is 41.3 Å². The van der Waals surface area contributed by atoms with Crippen molar-refractivity contribution in [2.75, 3.05) is 31.6 Å². The molecular formula is C27H29F3N4O5S2. The number of nitrogens with one attached hydrogen (secondary N) is 1. The SMILES string of the molecule is COC(=O)c1cnc(N2CCN(S(=O)(=O)c3ccc(C(F)(F)F)cc3)C(C(=O)NCc3ccc(C(C)C)cc3)C2)s1. The number of methoxy groups -OCH3 is 1. The number of piperazine rings is 1. The number of hydrogen-bond acceptors (Lipinski definition) is 8. The van der Waals surface area contributed by atoms with E-state index in [9.17, 15) is 31.2 Å². The summed E-state index contributed by atoms with van der Waals surface area (Å²) in [6.45, 7) is 4.17. The summed E-state index contributed by atoms with van der Waals surface area (Å²) in [4.78, 5) is 31.2. The van der Waals surface area contributed by atoms with Crippen LogP contribution in [0.2, 0.25) is 0 Å². The van der Waals surface area contributed by atoms with Gasteiger partial charge in [0.15, 0.2) is 5.13 Å². The Morgan fingerprint density at radius 3 is 2.34 bits per heavy atom.